The van der Waals surface area contributed by atoms with Crippen molar-refractivity contribution in [2.75, 3.05) is 0 Å². The van der Waals surface area contributed by atoms with E-state index in [-0.39, 0.29) is 17.0 Å². The Labute approximate surface area is 76.5 Å². The van der Waals surface area contributed by atoms with Gasteiger partial charge in [0.15, 0.2) is 0 Å². The minimum Gasteiger partial charge on any atom is -0.299 e. The molecule has 0 unspecified atom stereocenters. The fourth-order valence-corrected chi connectivity index (χ4v) is 0.715. The van der Waals surface area contributed by atoms with Gasteiger partial charge in [0.2, 0.25) is 0 Å². The van der Waals surface area contributed by atoms with E-state index in [1.807, 2.05) is 30.3 Å². The van der Waals surface area contributed by atoms with Gasteiger partial charge in [0.25, 0.3) is 0 Å². The average molecular weight is 213 g/mol. The summed E-state index contributed by atoms with van der Waals surface area (Å²) in [5.41, 5.74) is 1.05. The second-order valence-corrected chi connectivity index (χ2v) is 1.91. The molecular weight excluding hydrogens is 204 g/mol. The molecule has 1 rings (SSSR count). The van der Waals surface area contributed by atoms with Crippen molar-refractivity contribution in [3.8, 4) is 0 Å². The molecule has 58 valence electrons. The predicted molar refractivity (Wildman–Crippen MR) is 51.9 cm³/mol. The lowest BCUT2D eigenvalue weighted by molar-refractivity contribution is -0.104. The monoisotopic (exact) mass is 212 g/mol. The number of carbonyl (C=O) groups is 1. The molecule has 1 nitrogen and oxygen atoms in total. The lowest BCUT2D eigenvalue weighted by Gasteiger charge is -1.86. The number of hydrogen-bond donors (Lipinski definition) is 0. The van der Waals surface area contributed by atoms with Crippen molar-refractivity contribution in [2.45, 2.75) is 0 Å². The Morgan fingerprint density at radius 1 is 1.09 bits per heavy atom. The molecule has 0 heterocycles. The summed E-state index contributed by atoms with van der Waals surface area (Å²) in [6.45, 7) is 0. The van der Waals surface area contributed by atoms with E-state index in [1.54, 1.807) is 6.08 Å². The summed E-state index contributed by atoms with van der Waals surface area (Å²) >= 11 is 0. The van der Waals surface area contributed by atoms with Crippen LogP contribution in [0, 0.1) is 0 Å². The van der Waals surface area contributed by atoms with Gasteiger partial charge < -0.3 is 0 Å². The summed E-state index contributed by atoms with van der Waals surface area (Å²) in [6, 6.07) is 9.70. The molecule has 0 amide bonds. The highest BCUT2D eigenvalue weighted by Crippen LogP contribution is 1.99. The Morgan fingerprint density at radius 2 is 1.73 bits per heavy atom. The van der Waals surface area contributed by atoms with Gasteiger partial charge in [-0.15, -0.1) is 17.0 Å². The number of hydrogen-bond acceptors (Lipinski definition) is 1. The van der Waals surface area contributed by atoms with E-state index >= 15 is 0 Å². The van der Waals surface area contributed by atoms with Gasteiger partial charge in [-0.3, -0.25) is 4.79 Å². The number of allylic oxidation sites excluding steroid dienone is 1. The molecule has 11 heavy (non-hydrogen) atoms. The maximum absolute atomic E-state index is 9.89. The van der Waals surface area contributed by atoms with Crippen molar-refractivity contribution in [1.82, 2.24) is 0 Å². The molecule has 0 aromatic heterocycles. The highest BCUT2D eigenvalue weighted by Gasteiger charge is 1.79. The third-order valence-corrected chi connectivity index (χ3v) is 1.17. The van der Waals surface area contributed by atoms with Crippen LogP contribution in [0.25, 0.3) is 6.08 Å². The highest BCUT2D eigenvalue weighted by molar-refractivity contribution is 8.93. The van der Waals surface area contributed by atoms with E-state index in [4.69, 9.17) is 0 Å². The van der Waals surface area contributed by atoms with Gasteiger partial charge in [-0.25, -0.2) is 0 Å². The van der Waals surface area contributed by atoms with Crippen LogP contribution in [0.1, 0.15) is 5.56 Å². The number of rotatable bonds is 2. The van der Waals surface area contributed by atoms with Crippen LogP contribution in [0.15, 0.2) is 36.4 Å². The van der Waals surface area contributed by atoms with Gasteiger partial charge in [0, 0.05) is 0 Å². The van der Waals surface area contributed by atoms with Gasteiger partial charge in [0.1, 0.15) is 6.29 Å². The van der Waals surface area contributed by atoms with Crippen LogP contribution >= 0.6 is 17.0 Å². The number of halogens is 1. The molecule has 2 heteroatoms. The lowest BCUT2D eigenvalue weighted by Crippen LogP contribution is -1.67. The highest BCUT2D eigenvalue weighted by atomic mass is 79.9. The molecule has 0 aliphatic rings. The summed E-state index contributed by atoms with van der Waals surface area (Å²) in [7, 11) is 0. The van der Waals surface area contributed by atoms with Crippen molar-refractivity contribution in [3.63, 3.8) is 0 Å². The zero-order chi connectivity index (χ0) is 7.23. The SMILES string of the molecule is Br.O=CC=Cc1ccccc1. The maximum atomic E-state index is 9.89. The van der Waals surface area contributed by atoms with Crippen LogP contribution in [0.3, 0.4) is 0 Å². The molecule has 0 fully saturated rings. The molecule has 0 atom stereocenters. The Hall–Kier alpha value is -0.890. The molecule has 0 bridgehead atoms. The van der Waals surface area contributed by atoms with Crippen LogP contribution in [-0.4, -0.2) is 6.29 Å². The standard InChI is InChI=1S/C9H8O.BrH/c10-8-4-7-9-5-2-1-3-6-9;/h1-8H;1H. The van der Waals surface area contributed by atoms with Crippen molar-refractivity contribution in [1.29, 1.82) is 0 Å². The van der Waals surface area contributed by atoms with Gasteiger partial charge in [-0.05, 0) is 11.6 Å². The van der Waals surface area contributed by atoms with Crippen LogP contribution in [0.2, 0.25) is 0 Å². The zero-order valence-corrected chi connectivity index (χ0v) is 7.65. The van der Waals surface area contributed by atoms with Crippen molar-refractivity contribution in [2.24, 2.45) is 0 Å². The number of aldehydes is 1. The van der Waals surface area contributed by atoms with E-state index in [0.717, 1.165) is 11.8 Å². The molecule has 0 aliphatic heterocycles. The second-order valence-electron chi connectivity index (χ2n) is 1.91. The van der Waals surface area contributed by atoms with Gasteiger partial charge in [-0.1, -0.05) is 36.4 Å². The third-order valence-electron chi connectivity index (χ3n) is 1.17. The molecule has 0 saturated carbocycles. The number of carbonyl (C=O) groups excluding carboxylic acids is 1. The average Bonchev–Trinajstić information content (AvgIpc) is 2.03. The topological polar surface area (TPSA) is 17.1 Å². The Kier molecular flexibility index (Phi) is 5.39. The summed E-state index contributed by atoms with van der Waals surface area (Å²) in [4.78, 5) is 9.89. The van der Waals surface area contributed by atoms with E-state index in [1.165, 1.54) is 6.08 Å². The summed E-state index contributed by atoms with van der Waals surface area (Å²) in [5.74, 6) is 0. The molecular formula is C9H9BrO. The Morgan fingerprint density at radius 3 is 2.27 bits per heavy atom. The summed E-state index contributed by atoms with van der Waals surface area (Å²) in [6.07, 6.45) is 4.02. The first-order valence-corrected chi connectivity index (χ1v) is 3.10. The summed E-state index contributed by atoms with van der Waals surface area (Å²) in [5, 5.41) is 0. The molecule has 0 spiro atoms. The van der Waals surface area contributed by atoms with Crippen molar-refractivity contribution < 1.29 is 4.79 Å². The molecule has 0 saturated heterocycles. The first-order chi connectivity index (χ1) is 4.93. The fraction of sp³-hybridized carbons (Fsp3) is 0. The van der Waals surface area contributed by atoms with E-state index in [0.29, 0.717) is 0 Å². The minimum atomic E-state index is 0. The van der Waals surface area contributed by atoms with Crippen LogP contribution in [0.4, 0.5) is 0 Å². The normalized spacial score (nSPS) is 9.09. The van der Waals surface area contributed by atoms with E-state index in [9.17, 15) is 4.79 Å². The van der Waals surface area contributed by atoms with Crippen LogP contribution < -0.4 is 0 Å². The zero-order valence-electron chi connectivity index (χ0n) is 5.94. The van der Waals surface area contributed by atoms with E-state index in [2.05, 4.69) is 0 Å². The lowest BCUT2D eigenvalue weighted by atomic mass is 10.2. The largest absolute Gasteiger partial charge is 0.299 e. The van der Waals surface area contributed by atoms with Crippen molar-refractivity contribution in [3.05, 3.63) is 42.0 Å². The van der Waals surface area contributed by atoms with Crippen molar-refractivity contribution >= 4 is 29.3 Å². The van der Waals surface area contributed by atoms with Gasteiger partial charge >= 0.3 is 0 Å². The van der Waals surface area contributed by atoms with Gasteiger partial charge in [0.05, 0.1) is 0 Å². The van der Waals surface area contributed by atoms with Crippen LogP contribution in [0.5, 0.6) is 0 Å². The smallest absolute Gasteiger partial charge is 0.142 e. The van der Waals surface area contributed by atoms with Gasteiger partial charge in [-0.2, -0.15) is 0 Å². The molecule has 0 N–H and O–H groups in total. The molecule has 1 aromatic rings. The second kappa shape index (κ2) is 5.86. The minimum absolute atomic E-state index is 0. The first kappa shape index (κ1) is 10.1. The maximum Gasteiger partial charge on any atom is 0.142 e. The Balaban J connectivity index is 0.000001000. The predicted octanol–water partition coefficient (Wildman–Crippen LogP) is 2.48. The quantitative estimate of drug-likeness (QED) is 0.544. The molecule has 1 aromatic carbocycles. The van der Waals surface area contributed by atoms with Crippen LogP contribution in [-0.2, 0) is 4.79 Å². The molecule has 0 radical (unpaired) electrons. The fourth-order valence-electron chi connectivity index (χ4n) is 0.715. The van der Waals surface area contributed by atoms with E-state index < -0.39 is 0 Å². The third kappa shape index (κ3) is 3.73. The number of benzene rings is 1. The molecule has 0 aliphatic carbocycles. The summed E-state index contributed by atoms with van der Waals surface area (Å²) < 4.78 is 0. The first-order valence-electron chi connectivity index (χ1n) is 3.10. The Bertz CT molecular complexity index is 229.